The molecule has 1 aromatic carbocycles. The number of aryl methyl sites for hydroxylation is 1. The zero-order chi connectivity index (χ0) is 18.3. The predicted octanol–water partition coefficient (Wildman–Crippen LogP) is 1.69. The summed E-state index contributed by atoms with van der Waals surface area (Å²) >= 11 is 0. The monoisotopic (exact) mass is 376 g/mol. The highest BCUT2D eigenvalue weighted by atomic mass is 32.2. The molecule has 0 amide bonds. The molecule has 26 heavy (non-hydrogen) atoms. The number of aromatic nitrogens is 2. The van der Waals surface area contributed by atoms with Crippen molar-refractivity contribution >= 4 is 15.7 Å². The summed E-state index contributed by atoms with van der Waals surface area (Å²) in [6.45, 7) is 2.53. The molecule has 0 spiro atoms. The molecule has 1 fully saturated rings. The third-order valence-electron chi connectivity index (χ3n) is 5.39. The second-order valence-electron chi connectivity index (χ2n) is 7.19. The summed E-state index contributed by atoms with van der Waals surface area (Å²) in [5.41, 5.74) is 3.06. The molecule has 2 atom stereocenters. The molecule has 2 aliphatic rings. The third-order valence-corrected chi connectivity index (χ3v) is 6.30. The average Bonchev–Trinajstić information content (AvgIpc) is 3.27. The minimum atomic E-state index is -3.71. The van der Waals surface area contributed by atoms with Crippen LogP contribution in [0.1, 0.15) is 30.1 Å². The topological polar surface area (TPSA) is 90.5 Å². The molecule has 140 valence electrons. The summed E-state index contributed by atoms with van der Waals surface area (Å²) in [6.07, 6.45) is 4.94. The number of benzene rings is 1. The molecule has 0 saturated carbocycles. The van der Waals surface area contributed by atoms with Crippen molar-refractivity contribution in [3.8, 4) is 0 Å². The zero-order valence-corrected chi connectivity index (χ0v) is 15.7. The van der Waals surface area contributed by atoms with Gasteiger partial charge in [-0.15, -0.1) is 0 Å². The number of hydrogen-bond acceptors (Lipinski definition) is 5. The number of ether oxygens (including phenoxy) is 1. The van der Waals surface area contributed by atoms with Crippen molar-refractivity contribution in [1.29, 1.82) is 0 Å². The first-order valence-corrected chi connectivity index (χ1v) is 10.5. The molecule has 0 unspecified atom stereocenters. The highest BCUT2D eigenvalue weighted by Gasteiger charge is 2.28. The van der Waals surface area contributed by atoms with E-state index in [9.17, 15) is 8.42 Å². The molecule has 2 aromatic rings. The molecule has 2 aliphatic heterocycles. The van der Waals surface area contributed by atoms with Gasteiger partial charge < -0.3 is 9.64 Å². The Bertz CT molecular complexity index is 903. The largest absolute Gasteiger partial charge is 0.381 e. The molecule has 1 aromatic heterocycles. The Morgan fingerprint density at radius 2 is 2.15 bits per heavy atom. The summed E-state index contributed by atoms with van der Waals surface area (Å²) in [7, 11) is -1.72. The first kappa shape index (κ1) is 17.5. The fourth-order valence-corrected chi connectivity index (χ4v) is 4.44. The Morgan fingerprint density at radius 1 is 1.31 bits per heavy atom. The van der Waals surface area contributed by atoms with Crippen LogP contribution in [-0.4, -0.2) is 38.5 Å². The number of fused-ring (bicyclic) bond motifs is 1. The number of anilines is 1. The number of hydrogen-bond donors (Lipinski definition) is 1. The number of primary sulfonamides is 1. The lowest BCUT2D eigenvalue weighted by molar-refractivity contribution is 0.181. The van der Waals surface area contributed by atoms with Gasteiger partial charge in [-0.1, -0.05) is 6.07 Å². The van der Waals surface area contributed by atoms with Crippen LogP contribution in [0.3, 0.4) is 0 Å². The standard InChI is InChI=1S/C18H24N4O3S/c1-21-17(16-6-8-22(20-16)11-13-7-9-25-12-13)5-3-14-2-4-15(10-18(14)21)26(19,23)24/h2,4,6,8,10,13,17H,3,5,7,9,11-12H2,1H3,(H2,19,23,24)/t13-,17+/m0/s1. The van der Waals surface area contributed by atoms with E-state index in [1.165, 1.54) is 0 Å². The summed E-state index contributed by atoms with van der Waals surface area (Å²) in [6, 6.07) is 7.30. The molecular formula is C18H24N4O3S. The molecule has 3 heterocycles. The molecule has 4 rings (SSSR count). The van der Waals surface area contributed by atoms with Crippen LogP contribution in [0.2, 0.25) is 0 Å². The second kappa shape index (κ2) is 6.68. The van der Waals surface area contributed by atoms with Crippen molar-refractivity contribution < 1.29 is 13.2 Å². The van der Waals surface area contributed by atoms with Crippen LogP contribution in [0.5, 0.6) is 0 Å². The Hall–Kier alpha value is -1.90. The molecule has 1 saturated heterocycles. The van der Waals surface area contributed by atoms with Gasteiger partial charge in [0, 0.05) is 38.0 Å². The van der Waals surface area contributed by atoms with E-state index in [4.69, 9.17) is 15.0 Å². The van der Waals surface area contributed by atoms with Crippen LogP contribution in [0, 0.1) is 5.92 Å². The number of sulfonamides is 1. The summed E-state index contributed by atoms with van der Waals surface area (Å²) in [5.74, 6) is 0.532. The van der Waals surface area contributed by atoms with Crippen LogP contribution in [0.25, 0.3) is 0 Å². The first-order chi connectivity index (χ1) is 12.4. The van der Waals surface area contributed by atoms with Crippen molar-refractivity contribution in [2.24, 2.45) is 11.1 Å². The van der Waals surface area contributed by atoms with Crippen LogP contribution in [0.15, 0.2) is 35.4 Å². The molecule has 0 aliphatic carbocycles. The van der Waals surface area contributed by atoms with Gasteiger partial charge in [0.1, 0.15) is 0 Å². The molecule has 8 heteroatoms. The molecule has 0 bridgehead atoms. The van der Waals surface area contributed by atoms with E-state index < -0.39 is 10.0 Å². The summed E-state index contributed by atoms with van der Waals surface area (Å²) < 4.78 is 30.8. The van der Waals surface area contributed by atoms with Crippen molar-refractivity contribution in [1.82, 2.24) is 9.78 Å². The quantitative estimate of drug-likeness (QED) is 0.877. The summed E-state index contributed by atoms with van der Waals surface area (Å²) in [5, 5.41) is 10.1. The van der Waals surface area contributed by atoms with E-state index in [0.29, 0.717) is 5.92 Å². The fraction of sp³-hybridized carbons (Fsp3) is 0.500. The van der Waals surface area contributed by atoms with E-state index in [-0.39, 0.29) is 10.9 Å². The first-order valence-electron chi connectivity index (χ1n) is 8.91. The van der Waals surface area contributed by atoms with Crippen LogP contribution in [-0.2, 0) is 27.7 Å². The van der Waals surface area contributed by atoms with Gasteiger partial charge in [-0.2, -0.15) is 5.10 Å². The number of nitrogens with two attached hydrogens (primary N) is 1. The second-order valence-corrected chi connectivity index (χ2v) is 8.75. The molecule has 0 radical (unpaired) electrons. The highest BCUT2D eigenvalue weighted by Crippen LogP contribution is 2.37. The van der Waals surface area contributed by atoms with Crippen LogP contribution < -0.4 is 10.0 Å². The fourth-order valence-electron chi connectivity index (χ4n) is 3.91. The minimum Gasteiger partial charge on any atom is -0.381 e. The van der Waals surface area contributed by atoms with Gasteiger partial charge in [0.15, 0.2) is 0 Å². The lowest BCUT2D eigenvalue weighted by atomic mass is 9.94. The van der Waals surface area contributed by atoms with Gasteiger partial charge >= 0.3 is 0 Å². The Kier molecular flexibility index (Phi) is 4.50. The number of rotatable bonds is 4. The van der Waals surface area contributed by atoms with Gasteiger partial charge in [-0.25, -0.2) is 13.6 Å². The van der Waals surface area contributed by atoms with E-state index in [1.54, 1.807) is 12.1 Å². The molecule has 7 nitrogen and oxygen atoms in total. The SMILES string of the molecule is CN1c2cc(S(N)(=O)=O)ccc2CC[C@@H]1c1ccn(C[C@@H]2CCOC2)n1. The van der Waals surface area contributed by atoms with Crippen LogP contribution >= 0.6 is 0 Å². The van der Waals surface area contributed by atoms with Gasteiger partial charge in [0.2, 0.25) is 10.0 Å². The average molecular weight is 376 g/mol. The van der Waals surface area contributed by atoms with E-state index in [1.807, 2.05) is 24.0 Å². The Morgan fingerprint density at radius 3 is 2.88 bits per heavy atom. The smallest absolute Gasteiger partial charge is 0.238 e. The van der Waals surface area contributed by atoms with Crippen molar-refractivity contribution in [3.63, 3.8) is 0 Å². The lowest BCUT2D eigenvalue weighted by Crippen LogP contribution is -2.30. The van der Waals surface area contributed by atoms with Crippen LogP contribution in [0.4, 0.5) is 5.69 Å². The maximum Gasteiger partial charge on any atom is 0.238 e. The van der Waals surface area contributed by atoms with Gasteiger partial charge in [-0.05, 0) is 43.0 Å². The lowest BCUT2D eigenvalue weighted by Gasteiger charge is -2.35. The van der Waals surface area contributed by atoms with Gasteiger partial charge in [0.25, 0.3) is 0 Å². The highest BCUT2D eigenvalue weighted by molar-refractivity contribution is 7.89. The minimum absolute atomic E-state index is 0.124. The van der Waals surface area contributed by atoms with Gasteiger partial charge in [-0.3, -0.25) is 4.68 Å². The Balaban J connectivity index is 1.57. The van der Waals surface area contributed by atoms with Gasteiger partial charge in [0.05, 0.1) is 23.2 Å². The maximum atomic E-state index is 11.7. The Labute approximate surface area is 153 Å². The van der Waals surface area contributed by atoms with Crippen molar-refractivity contribution in [3.05, 3.63) is 41.7 Å². The maximum absolute atomic E-state index is 11.7. The molecular weight excluding hydrogens is 352 g/mol. The number of nitrogens with zero attached hydrogens (tertiary/aromatic N) is 3. The van der Waals surface area contributed by atoms with Crippen molar-refractivity contribution in [2.45, 2.75) is 36.7 Å². The molecule has 2 N–H and O–H groups in total. The normalized spacial score (nSPS) is 23.2. The predicted molar refractivity (Wildman–Crippen MR) is 98.4 cm³/mol. The summed E-state index contributed by atoms with van der Waals surface area (Å²) in [4.78, 5) is 2.26. The van der Waals surface area contributed by atoms with E-state index >= 15 is 0 Å². The van der Waals surface area contributed by atoms with E-state index in [2.05, 4.69) is 11.0 Å². The zero-order valence-electron chi connectivity index (χ0n) is 14.8. The van der Waals surface area contributed by atoms with E-state index in [0.717, 1.165) is 56.0 Å². The van der Waals surface area contributed by atoms with Crippen molar-refractivity contribution in [2.75, 3.05) is 25.2 Å². The third kappa shape index (κ3) is 3.36.